The lowest BCUT2D eigenvalue weighted by atomic mass is 10.1. The molecule has 23 heavy (non-hydrogen) atoms. The molecule has 1 aliphatic rings. The zero-order valence-electron chi connectivity index (χ0n) is 13.6. The van der Waals surface area contributed by atoms with E-state index in [2.05, 4.69) is 10.6 Å². The van der Waals surface area contributed by atoms with Crippen molar-refractivity contribution in [1.82, 2.24) is 14.9 Å². The molecule has 1 aromatic heterocycles. The smallest absolute Gasteiger partial charge is 0.287 e. The van der Waals surface area contributed by atoms with Crippen molar-refractivity contribution in [2.24, 2.45) is 5.92 Å². The first-order valence-electron chi connectivity index (χ1n) is 7.34. The highest BCUT2D eigenvalue weighted by Gasteiger charge is 2.25. The Labute approximate surface area is 143 Å². The number of rotatable bonds is 6. The van der Waals surface area contributed by atoms with Gasteiger partial charge in [0, 0.05) is 26.7 Å². The molecule has 9 heteroatoms. The normalized spacial score (nSPS) is 18.0. The van der Waals surface area contributed by atoms with Gasteiger partial charge in [0.15, 0.2) is 5.76 Å². The average molecular weight is 366 g/mol. The first kappa shape index (κ1) is 20.0. The van der Waals surface area contributed by atoms with Crippen LogP contribution in [0.5, 0.6) is 0 Å². The number of nitrogens with one attached hydrogen (secondary N) is 2. The number of aryl methyl sites for hydroxylation is 1. The fourth-order valence-corrected chi connectivity index (χ4v) is 3.52. The number of nitrogens with zero attached hydrogens (tertiary/aromatic N) is 1. The molecule has 0 radical (unpaired) electrons. The van der Waals surface area contributed by atoms with E-state index in [1.54, 1.807) is 0 Å². The van der Waals surface area contributed by atoms with Crippen molar-refractivity contribution in [2.45, 2.75) is 24.7 Å². The van der Waals surface area contributed by atoms with Gasteiger partial charge in [-0.1, -0.05) is 0 Å². The molecule has 1 fully saturated rings. The van der Waals surface area contributed by atoms with E-state index in [4.69, 9.17) is 4.42 Å². The third-order valence-electron chi connectivity index (χ3n) is 3.86. The van der Waals surface area contributed by atoms with E-state index < -0.39 is 10.0 Å². The molecule has 1 unspecified atom stereocenters. The highest BCUT2D eigenvalue weighted by Crippen LogP contribution is 2.22. The topological polar surface area (TPSA) is 91.6 Å². The van der Waals surface area contributed by atoms with Gasteiger partial charge in [0.2, 0.25) is 10.0 Å². The Bertz CT molecular complexity index is 636. The summed E-state index contributed by atoms with van der Waals surface area (Å²) in [5.41, 5.74) is 0. The van der Waals surface area contributed by atoms with Gasteiger partial charge in [0.25, 0.3) is 5.91 Å². The van der Waals surface area contributed by atoms with Gasteiger partial charge < -0.3 is 15.1 Å². The van der Waals surface area contributed by atoms with Crippen molar-refractivity contribution in [3.05, 3.63) is 17.6 Å². The summed E-state index contributed by atoms with van der Waals surface area (Å²) in [6.07, 6.45) is 2.03. The van der Waals surface area contributed by atoms with E-state index in [-0.39, 0.29) is 34.7 Å². The Morgan fingerprint density at radius 3 is 2.74 bits per heavy atom. The Morgan fingerprint density at radius 1 is 1.48 bits per heavy atom. The van der Waals surface area contributed by atoms with Gasteiger partial charge >= 0.3 is 0 Å². The molecule has 1 amide bonds. The summed E-state index contributed by atoms with van der Waals surface area (Å²) in [7, 11) is -0.719. The second-order valence-corrected chi connectivity index (χ2v) is 7.84. The van der Waals surface area contributed by atoms with Crippen LogP contribution in [0.25, 0.3) is 0 Å². The summed E-state index contributed by atoms with van der Waals surface area (Å²) in [4.78, 5) is 12.1. The number of sulfonamides is 1. The van der Waals surface area contributed by atoms with E-state index in [1.165, 1.54) is 27.1 Å². The zero-order chi connectivity index (χ0) is 16.3. The van der Waals surface area contributed by atoms with Crippen LogP contribution in [0.3, 0.4) is 0 Å². The van der Waals surface area contributed by atoms with Crippen molar-refractivity contribution in [3.8, 4) is 0 Å². The average Bonchev–Trinajstić information content (AvgIpc) is 3.08. The van der Waals surface area contributed by atoms with E-state index in [0.29, 0.717) is 12.5 Å². The molecule has 0 bridgehead atoms. The summed E-state index contributed by atoms with van der Waals surface area (Å²) in [6, 6.07) is 1.29. The van der Waals surface area contributed by atoms with Gasteiger partial charge in [-0.05, 0) is 38.8 Å². The first-order chi connectivity index (χ1) is 10.3. The number of furan rings is 1. The molecular formula is C14H24ClN3O4S. The van der Waals surface area contributed by atoms with Gasteiger partial charge in [0.05, 0.1) is 0 Å². The van der Waals surface area contributed by atoms with Crippen LogP contribution in [-0.2, 0) is 10.0 Å². The quantitative estimate of drug-likeness (QED) is 0.784. The van der Waals surface area contributed by atoms with Crippen molar-refractivity contribution >= 4 is 28.3 Å². The molecule has 2 N–H and O–H groups in total. The summed E-state index contributed by atoms with van der Waals surface area (Å²) in [6.45, 7) is 4.11. The van der Waals surface area contributed by atoms with Crippen molar-refractivity contribution in [1.29, 1.82) is 0 Å². The summed E-state index contributed by atoms with van der Waals surface area (Å²) >= 11 is 0. The number of halogens is 1. The van der Waals surface area contributed by atoms with Crippen LogP contribution in [0, 0.1) is 12.8 Å². The third-order valence-corrected chi connectivity index (χ3v) is 5.78. The van der Waals surface area contributed by atoms with Gasteiger partial charge in [-0.3, -0.25) is 4.79 Å². The fraction of sp³-hybridized carbons (Fsp3) is 0.643. The predicted octanol–water partition coefficient (Wildman–Crippen LogP) is 0.990. The lowest BCUT2D eigenvalue weighted by Crippen LogP contribution is -2.26. The Morgan fingerprint density at radius 2 is 2.17 bits per heavy atom. The maximum Gasteiger partial charge on any atom is 0.287 e. The SMILES string of the molecule is Cc1oc(C(=O)NCCC2CCNC2)cc1S(=O)(=O)N(C)C.Cl. The number of amides is 1. The van der Waals surface area contributed by atoms with E-state index in [1.807, 2.05) is 0 Å². The molecular weight excluding hydrogens is 342 g/mol. The molecule has 0 spiro atoms. The third kappa shape index (κ3) is 4.69. The first-order valence-corrected chi connectivity index (χ1v) is 8.78. The van der Waals surface area contributed by atoms with Crippen molar-refractivity contribution < 1.29 is 17.6 Å². The molecule has 1 saturated heterocycles. The van der Waals surface area contributed by atoms with Gasteiger partial charge in [-0.15, -0.1) is 12.4 Å². The Balaban J connectivity index is 0.00000264. The van der Waals surface area contributed by atoms with Crippen LogP contribution < -0.4 is 10.6 Å². The van der Waals surface area contributed by atoms with Crippen molar-refractivity contribution in [3.63, 3.8) is 0 Å². The van der Waals surface area contributed by atoms with Crippen LogP contribution in [0.2, 0.25) is 0 Å². The second-order valence-electron chi connectivity index (χ2n) is 5.72. The number of carbonyl (C=O) groups excluding carboxylic acids is 1. The molecule has 1 aliphatic heterocycles. The van der Waals surface area contributed by atoms with Crippen LogP contribution >= 0.6 is 12.4 Å². The monoisotopic (exact) mass is 365 g/mol. The highest BCUT2D eigenvalue weighted by atomic mass is 35.5. The molecule has 7 nitrogen and oxygen atoms in total. The standard InChI is InChI=1S/C14H23N3O4S.ClH/c1-10-13(22(19,20)17(2)3)8-12(21-10)14(18)16-7-5-11-4-6-15-9-11;/h8,11,15H,4-7,9H2,1-3H3,(H,16,18);1H. The summed E-state index contributed by atoms with van der Waals surface area (Å²) < 4.78 is 30.6. The molecule has 132 valence electrons. The van der Waals surface area contributed by atoms with Crippen LogP contribution in [0.15, 0.2) is 15.4 Å². The van der Waals surface area contributed by atoms with Crippen LogP contribution in [0.4, 0.5) is 0 Å². The lowest BCUT2D eigenvalue weighted by molar-refractivity contribution is 0.0922. The van der Waals surface area contributed by atoms with Crippen LogP contribution in [-0.4, -0.2) is 52.4 Å². The molecule has 1 atom stereocenters. The molecule has 1 aromatic rings. The van der Waals surface area contributed by atoms with E-state index in [0.717, 1.165) is 30.2 Å². The van der Waals surface area contributed by atoms with Crippen LogP contribution in [0.1, 0.15) is 29.2 Å². The maximum absolute atomic E-state index is 12.1. The lowest BCUT2D eigenvalue weighted by Gasteiger charge is -2.09. The minimum atomic E-state index is -3.60. The zero-order valence-corrected chi connectivity index (χ0v) is 15.2. The van der Waals surface area contributed by atoms with Gasteiger partial charge in [-0.25, -0.2) is 12.7 Å². The minimum absolute atomic E-state index is 0. The largest absolute Gasteiger partial charge is 0.455 e. The summed E-state index contributed by atoms with van der Waals surface area (Å²) in [5.74, 6) is 0.457. The van der Waals surface area contributed by atoms with E-state index >= 15 is 0 Å². The fourth-order valence-electron chi connectivity index (χ4n) is 2.47. The Kier molecular flexibility index (Phi) is 7.06. The molecule has 0 saturated carbocycles. The summed E-state index contributed by atoms with van der Waals surface area (Å²) in [5, 5.41) is 6.06. The second kappa shape index (κ2) is 8.14. The number of hydrogen-bond donors (Lipinski definition) is 2. The Hall–Kier alpha value is -1.09. The molecule has 2 heterocycles. The highest BCUT2D eigenvalue weighted by molar-refractivity contribution is 7.89. The van der Waals surface area contributed by atoms with Gasteiger partial charge in [0.1, 0.15) is 10.7 Å². The van der Waals surface area contributed by atoms with Gasteiger partial charge in [-0.2, -0.15) is 0 Å². The maximum atomic E-state index is 12.1. The van der Waals surface area contributed by atoms with E-state index in [9.17, 15) is 13.2 Å². The number of hydrogen-bond acceptors (Lipinski definition) is 5. The molecule has 0 aromatic carbocycles. The number of carbonyl (C=O) groups is 1. The van der Waals surface area contributed by atoms with Crippen molar-refractivity contribution in [2.75, 3.05) is 33.7 Å². The predicted molar refractivity (Wildman–Crippen MR) is 89.5 cm³/mol. The minimum Gasteiger partial charge on any atom is -0.455 e. The molecule has 0 aliphatic carbocycles. The molecule has 2 rings (SSSR count).